The third-order valence-electron chi connectivity index (χ3n) is 3.10. The van der Waals surface area contributed by atoms with Crippen LogP contribution in [0, 0.1) is 11.8 Å². The summed E-state index contributed by atoms with van der Waals surface area (Å²) in [6.07, 6.45) is 0.829. The molecule has 0 saturated carbocycles. The summed E-state index contributed by atoms with van der Waals surface area (Å²) in [6, 6.07) is 9.52. The van der Waals surface area contributed by atoms with Gasteiger partial charge in [0, 0.05) is 16.0 Å². The molecule has 2 rings (SSSR count). The number of carbonyl (C=O) groups is 1. The van der Waals surface area contributed by atoms with Crippen molar-refractivity contribution in [1.29, 1.82) is 0 Å². The molecular formula is C17H17NO2S. The summed E-state index contributed by atoms with van der Waals surface area (Å²) in [4.78, 5) is 13.3. The lowest BCUT2D eigenvalue weighted by Crippen LogP contribution is -2.23. The number of aliphatic hydroxyl groups excluding tert-OH is 1. The first kappa shape index (κ1) is 15.3. The second kappa shape index (κ2) is 7.63. The van der Waals surface area contributed by atoms with Crippen molar-refractivity contribution in [3.63, 3.8) is 0 Å². The van der Waals surface area contributed by atoms with E-state index in [2.05, 4.69) is 17.2 Å². The molecule has 108 valence electrons. The molecule has 0 aliphatic rings. The standard InChI is InChI=1S/C17H17NO2S/c1-2-13-6-3-4-8-15(13)17(20)18-12-16-14(7-5-10-19)9-11-21-16/h3-4,6,8-9,11,19H,2,10,12H2,1H3,(H,18,20). The van der Waals surface area contributed by atoms with Crippen LogP contribution in [0.5, 0.6) is 0 Å². The molecular weight excluding hydrogens is 282 g/mol. The van der Waals surface area contributed by atoms with E-state index in [9.17, 15) is 4.79 Å². The predicted octanol–water partition coefficient (Wildman–Crippen LogP) is 2.58. The van der Waals surface area contributed by atoms with E-state index in [0.717, 1.165) is 28.0 Å². The van der Waals surface area contributed by atoms with Gasteiger partial charge in [-0.2, -0.15) is 0 Å². The molecule has 1 aromatic heterocycles. The lowest BCUT2D eigenvalue weighted by Gasteiger charge is -2.08. The Morgan fingerprint density at radius 1 is 1.33 bits per heavy atom. The number of amides is 1. The van der Waals surface area contributed by atoms with E-state index >= 15 is 0 Å². The van der Waals surface area contributed by atoms with Crippen LogP contribution < -0.4 is 5.32 Å². The minimum absolute atomic E-state index is 0.0677. The Hall–Kier alpha value is -2.09. The van der Waals surface area contributed by atoms with Crippen molar-refractivity contribution < 1.29 is 9.90 Å². The summed E-state index contributed by atoms with van der Waals surface area (Å²) in [7, 11) is 0. The van der Waals surface area contributed by atoms with Crippen LogP contribution in [0.15, 0.2) is 35.7 Å². The average molecular weight is 299 g/mol. The van der Waals surface area contributed by atoms with E-state index < -0.39 is 0 Å². The van der Waals surface area contributed by atoms with E-state index in [-0.39, 0.29) is 12.5 Å². The number of hydrogen-bond acceptors (Lipinski definition) is 3. The number of rotatable bonds is 4. The molecule has 0 saturated heterocycles. The first-order valence-electron chi connectivity index (χ1n) is 6.78. The molecule has 0 aliphatic carbocycles. The van der Waals surface area contributed by atoms with Crippen LogP contribution in [0.25, 0.3) is 0 Å². The first-order chi connectivity index (χ1) is 10.3. The third-order valence-corrected chi connectivity index (χ3v) is 4.02. The summed E-state index contributed by atoms with van der Waals surface area (Å²) in [5.74, 6) is 5.45. The zero-order valence-corrected chi connectivity index (χ0v) is 12.7. The van der Waals surface area contributed by atoms with Crippen molar-refractivity contribution in [3.05, 3.63) is 57.3 Å². The van der Waals surface area contributed by atoms with Gasteiger partial charge >= 0.3 is 0 Å². The Balaban J connectivity index is 2.06. The second-order valence-corrected chi connectivity index (χ2v) is 5.41. The quantitative estimate of drug-likeness (QED) is 0.853. The van der Waals surface area contributed by atoms with Crippen molar-refractivity contribution in [2.75, 3.05) is 6.61 Å². The number of thiophene rings is 1. The third kappa shape index (κ3) is 3.94. The highest BCUT2D eigenvalue weighted by atomic mass is 32.1. The summed E-state index contributed by atoms with van der Waals surface area (Å²) in [5.41, 5.74) is 2.62. The number of carbonyl (C=O) groups excluding carboxylic acids is 1. The lowest BCUT2D eigenvalue weighted by atomic mass is 10.0. The normalized spacial score (nSPS) is 9.81. The molecule has 1 amide bonds. The van der Waals surface area contributed by atoms with Gasteiger partial charge in [-0.3, -0.25) is 4.79 Å². The van der Waals surface area contributed by atoms with Gasteiger partial charge in [-0.05, 0) is 29.5 Å². The van der Waals surface area contributed by atoms with Crippen molar-refractivity contribution in [2.24, 2.45) is 0 Å². The van der Waals surface area contributed by atoms with Gasteiger partial charge in [0.25, 0.3) is 5.91 Å². The van der Waals surface area contributed by atoms with Gasteiger partial charge in [0.15, 0.2) is 0 Å². The minimum Gasteiger partial charge on any atom is -0.384 e. The van der Waals surface area contributed by atoms with Gasteiger partial charge < -0.3 is 10.4 Å². The number of aryl methyl sites for hydroxylation is 1. The highest BCUT2D eigenvalue weighted by Gasteiger charge is 2.10. The van der Waals surface area contributed by atoms with Crippen molar-refractivity contribution in [2.45, 2.75) is 19.9 Å². The molecule has 0 spiro atoms. The summed E-state index contributed by atoms with van der Waals surface area (Å²) < 4.78 is 0. The fraction of sp³-hybridized carbons (Fsp3) is 0.235. The van der Waals surface area contributed by atoms with E-state index in [4.69, 9.17) is 5.11 Å². The molecule has 0 bridgehead atoms. The van der Waals surface area contributed by atoms with E-state index in [1.165, 1.54) is 0 Å². The molecule has 2 aromatic rings. The molecule has 1 heterocycles. The van der Waals surface area contributed by atoms with Crippen LogP contribution >= 0.6 is 11.3 Å². The van der Waals surface area contributed by atoms with Crippen LogP contribution in [0.1, 0.15) is 33.3 Å². The monoisotopic (exact) mass is 299 g/mol. The Bertz CT molecular complexity index is 679. The molecule has 0 aliphatic heterocycles. The number of aliphatic hydroxyl groups is 1. The Labute approximate surface area is 128 Å². The molecule has 4 heteroatoms. The molecule has 0 radical (unpaired) electrons. The predicted molar refractivity (Wildman–Crippen MR) is 85.3 cm³/mol. The molecule has 21 heavy (non-hydrogen) atoms. The molecule has 3 nitrogen and oxygen atoms in total. The zero-order valence-electron chi connectivity index (χ0n) is 11.8. The van der Waals surface area contributed by atoms with Crippen molar-refractivity contribution in [1.82, 2.24) is 5.32 Å². The first-order valence-corrected chi connectivity index (χ1v) is 7.66. The Morgan fingerprint density at radius 3 is 2.90 bits per heavy atom. The highest BCUT2D eigenvalue weighted by Crippen LogP contribution is 2.16. The Morgan fingerprint density at radius 2 is 2.14 bits per heavy atom. The van der Waals surface area contributed by atoms with Crippen LogP contribution in [0.3, 0.4) is 0 Å². The van der Waals surface area contributed by atoms with Gasteiger partial charge in [-0.15, -0.1) is 11.3 Å². The van der Waals surface area contributed by atoms with Crippen LogP contribution in [-0.2, 0) is 13.0 Å². The van der Waals surface area contributed by atoms with Gasteiger partial charge in [0.2, 0.25) is 0 Å². The number of nitrogens with one attached hydrogen (secondary N) is 1. The molecule has 2 N–H and O–H groups in total. The topological polar surface area (TPSA) is 49.3 Å². The number of benzene rings is 1. The van der Waals surface area contributed by atoms with Crippen LogP contribution in [-0.4, -0.2) is 17.6 Å². The maximum Gasteiger partial charge on any atom is 0.251 e. The zero-order chi connectivity index (χ0) is 15.1. The smallest absolute Gasteiger partial charge is 0.251 e. The van der Waals surface area contributed by atoms with E-state index in [1.807, 2.05) is 42.6 Å². The van der Waals surface area contributed by atoms with Crippen LogP contribution in [0.4, 0.5) is 0 Å². The van der Waals surface area contributed by atoms with Crippen molar-refractivity contribution in [3.8, 4) is 11.8 Å². The van der Waals surface area contributed by atoms with Crippen LogP contribution in [0.2, 0.25) is 0 Å². The second-order valence-electron chi connectivity index (χ2n) is 4.41. The fourth-order valence-corrected chi connectivity index (χ4v) is 2.80. The van der Waals surface area contributed by atoms with Gasteiger partial charge in [0.1, 0.15) is 6.61 Å². The van der Waals surface area contributed by atoms with E-state index in [0.29, 0.717) is 6.54 Å². The van der Waals surface area contributed by atoms with E-state index in [1.54, 1.807) is 11.3 Å². The largest absolute Gasteiger partial charge is 0.384 e. The average Bonchev–Trinajstić information content (AvgIpc) is 2.97. The maximum absolute atomic E-state index is 12.3. The summed E-state index contributed by atoms with van der Waals surface area (Å²) in [6.45, 7) is 2.32. The SMILES string of the molecule is CCc1ccccc1C(=O)NCc1sccc1C#CCO. The summed E-state index contributed by atoms with van der Waals surface area (Å²) in [5, 5.41) is 13.6. The maximum atomic E-state index is 12.3. The Kier molecular flexibility index (Phi) is 5.56. The molecule has 0 unspecified atom stereocenters. The fourth-order valence-electron chi connectivity index (χ4n) is 2.03. The van der Waals surface area contributed by atoms with Crippen molar-refractivity contribution >= 4 is 17.2 Å². The van der Waals surface area contributed by atoms with Gasteiger partial charge in [-0.25, -0.2) is 0 Å². The van der Waals surface area contributed by atoms with Gasteiger partial charge in [0.05, 0.1) is 6.54 Å². The van der Waals surface area contributed by atoms with Gasteiger partial charge in [-0.1, -0.05) is 37.0 Å². The summed E-state index contributed by atoms with van der Waals surface area (Å²) >= 11 is 1.55. The number of hydrogen-bond donors (Lipinski definition) is 2. The molecule has 0 atom stereocenters. The lowest BCUT2D eigenvalue weighted by molar-refractivity contribution is 0.0950. The highest BCUT2D eigenvalue weighted by molar-refractivity contribution is 7.10. The minimum atomic E-state index is -0.161. The molecule has 0 fully saturated rings. The molecule has 1 aromatic carbocycles.